The minimum atomic E-state index is -5.02. The van der Waals surface area contributed by atoms with Gasteiger partial charge in [0.2, 0.25) is 10.0 Å². The largest absolute Gasteiger partial charge is 0.415 e. The van der Waals surface area contributed by atoms with E-state index in [4.69, 9.17) is 16.7 Å². The second-order valence-corrected chi connectivity index (χ2v) is 5.95. The van der Waals surface area contributed by atoms with Gasteiger partial charge in [0.25, 0.3) is 5.69 Å². The van der Waals surface area contributed by atoms with Gasteiger partial charge in [-0.1, -0.05) is 11.6 Å². The van der Waals surface area contributed by atoms with Crippen molar-refractivity contribution in [3.63, 3.8) is 0 Å². The quantitative estimate of drug-likeness (QED) is 0.618. The molecule has 1 rings (SSSR count). The van der Waals surface area contributed by atoms with Crippen LogP contribution in [0.15, 0.2) is 23.1 Å². The van der Waals surface area contributed by atoms with Gasteiger partial charge in [0.1, 0.15) is 0 Å². The Morgan fingerprint density at radius 3 is 2.48 bits per heavy atom. The van der Waals surface area contributed by atoms with E-state index in [1.165, 1.54) is 4.72 Å². The van der Waals surface area contributed by atoms with Gasteiger partial charge in [0.15, 0.2) is 11.0 Å². The maximum Gasteiger partial charge on any atom is 0.415 e. The summed E-state index contributed by atoms with van der Waals surface area (Å²) >= 11 is 5.49. The van der Waals surface area contributed by atoms with Crippen molar-refractivity contribution in [1.82, 2.24) is 4.72 Å². The van der Waals surface area contributed by atoms with Crippen LogP contribution in [-0.2, 0) is 10.0 Å². The maximum absolute atomic E-state index is 12.1. The first-order chi connectivity index (χ1) is 9.45. The van der Waals surface area contributed by atoms with Crippen molar-refractivity contribution >= 4 is 27.3 Å². The van der Waals surface area contributed by atoms with Gasteiger partial charge >= 0.3 is 6.18 Å². The number of nitro groups is 1. The van der Waals surface area contributed by atoms with Gasteiger partial charge in [-0.3, -0.25) is 10.1 Å². The molecule has 0 aliphatic heterocycles. The summed E-state index contributed by atoms with van der Waals surface area (Å²) in [5.41, 5.74) is -0.892. The molecule has 0 aliphatic rings. The van der Waals surface area contributed by atoms with Crippen molar-refractivity contribution in [3.05, 3.63) is 33.3 Å². The topological polar surface area (TPSA) is 110 Å². The first-order valence-corrected chi connectivity index (χ1v) is 6.99. The lowest BCUT2D eigenvalue weighted by Gasteiger charge is -2.15. The van der Waals surface area contributed by atoms with Gasteiger partial charge in [0, 0.05) is 17.6 Å². The summed E-state index contributed by atoms with van der Waals surface area (Å²) in [5.74, 6) is 0. The molecule has 12 heteroatoms. The lowest BCUT2D eigenvalue weighted by Crippen LogP contribution is -2.40. The molecule has 1 aromatic rings. The number of hydrogen-bond acceptors (Lipinski definition) is 5. The first kappa shape index (κ1) is 17.6. The minimum absolute atomic E-state index is 0.115. The number of aliphatic hydroxyl groups excluding tert-OH is 1. The van der Waals surface area contributed by atoms with Gasteiger partial charge in [0.05, 0.1) is 4.92 Å². The molecule has 0 radical (unpaired) electrons. The van der Waals surface area contributed by atoms with Crippen LogP contribution in [0.25, 0.3) is 0 Å². The molecule has 0 saturated heterocycles. The predicted octanol–water partition coefficient (Wildman–Crippen LogP) is 1.45. The number of sulfonamides is 1. The molecule has 2 N–H and O–H groups in total. The van der Waals surface area contributed by atoms with Crippen molar-refractivity contribution in [3.8, 4) is 0 Å². The molecule has 7 nitrogen and oxygen atoms in total. The molecule has 1 atom stereocenters. The lowest BCUT2D eigenvalue weighted by atomic mass is 10.3. The highest BCUT2D eigenvalue weighted by Crippen LogP contribution is 2.27. The van der Waals surface area contributed by atoms with Crippen LogP contribution < -0.4 is 4.72 Å². The van der Waals surface area contributed by atoms with Crippen molar-refractivity contribution in [2.24, 2.45) is 0 Å². The Balaban J connectivity index is 3.07. The SMILES string of the molecule is O=[N+]([O-])c1cc(Cl)ccc1S(=O)(=O)NCC(O)C(F)(F)F. The molecule has 0 spiro atoms. The molecule has 1 unspecified atom stereocenters. The Kier molecular flexibility index (Phi) is 5.15. The van der Waals surface area contributed by atoms with Crippen LogP contribution in [0.4, 0.5) is 18.9 Å². The second-order valence-electron chi connectivity index (χ2n) is 3.78. The van der Waals surface area contributed by atoms with Gasteiger partial charge in [-0.15, -0.1) is 0 Å². The monoisotopic (exact) mass is 348 g/mol. The van der Waals surface area contributed by atoms with Crippen molar-refractivity contribution in [1.29, 1.82) is 0 Å². The van der Waals surface area contributed by atoms with Crippen molar-refractivity contribution < 1.29 is 31.6 Å². The third-order valence-corrected chi connectivity index (χ3v) is 3.96. The van der Waals surface area contributed by atoms with Crippen molar-refractivity contribution in [2.45, 2.75) is 17.2 Å². The summed E-state index contributed by atoms with van der Waals surface area (Å²) in [4.78, 5) is 8.85. The van der Waals surface area contributed by atoms with E-state index in [2.05, 4.69) is 0 Å². The van der Waals surface area contributed by atoms with E-state index in [1.54, 1.807) is 0 Å². The molecule has 21 heavy (non-hydrogen) atoms. The number of alkyl halides is 3. The lowest BCUT2D eigenvalue weighted by molar-refractivity contribution is -0.387. The maximum atomic E-state index is 12.1. The second kappa shape index (κ2) is 6.13. The molecule has 0 bridgehead atoms. The number of nitrogens with zero attached hydrogens (tertiary/aromatic N) is 1. The normalized spacial score (nSPS) is 14.0. The molecule has 1 aromatic carbocycles. The molecular weight excluding hydrogens is 341 g/mol. The number of halogens is 4. The fraction of sp³-hybridized carbons (Fsp3) is 0.333. The average molecular weight is 349 g/mol. The fourth-order valence-corrected chi connectivity index (χ4v) is 2.60. The van der Waals surface area contributed by atoms with Gasteiger partial charge in [-0.2, -0.15) is 13.2 Å². The van der Waals surface area contributed by atoms with Crippen molar-refractivity contribution in [2.75, 3.05) is 6.54 Å². The standard InChI is InChI=1S/C9H8ClF3N2O5S/c10-5-1-2-7(6(3-5)15(17)18)21(19,20)14-4-8(16)9(11,12)13/h1-3,8,14,16H,4H2. The smallest absolute Gasteiger partial charge is 0.382 e. The third kappa shape index (κ3) is 4.52. The molecule has 0 saturated carbocycles. The average Bonchev–Trinajstić information content (AvgIpc) is 2.34. The highest BCUT2D eigenvalue weighted by molar-refractivity contribution is 7.89. The number of aliphatic hydroxyl groups is 1. The summed E-state index contributed by atoms with van der Waals surface area (Å²) < 4.78 is 61.2. The van der Waals surface area contributed by atoms with E-state index in [0.717, 1.165) is 18.2 Å². The molecular formula is C9H8ClF3N2O5S. The number of benzene rings is 1. The molecule has 0 fully saturated rings. The Labute approximate surface area is 121 Å². The Morgan fingerprint density at radius 2 is 2.00 bits per heavy atom. The van der Waals surface area contributed by atoms with Crippen LogP contribution in [0, 0.1) is 10.1 Å². The van der Waals surface area contributed by atoms with E-state index in [1.807, 2.05) is 0 Å². The molecule has 0 aromatic heterocycles. The summed E-state index contributed by atoms with van der Waals surface area (Å²) in [6, 6.07) is 2.56. The Morgan fingerprint density at radius 1 is 1.43 bits per heavy atom. The van der Waals surface area contributed by atoms with E-state index in [9.17, 15) is 31.7 Å². The van der Waals surface area contributed by atoms with Crippen LogP contribution in [0.3, 0.4) is 0 Å². The molecule has 118 valence electrons. The van der Waals surface area contributed by atoms with Crippen LogP contribution in [0.1, 0.15) is 0 Å². The van der Waals surface area contributed by atoms with Crippen LogP contribution in [-0.4, -0.2) is 37.3 Å². The Hall–Kier alpha value is -1.43. The van der Waals surface area contributed by atoms with E-state index in [0.29, 0.717) is 0 Å². The van der Waals surface area contributed by atoms with Gasteiger partial charge in [-0.25, -0.2) is 13.1 Å². The minimum Gasteiger partial charge on any atom is -0.382 e. The summed E-state index contributed by atoms with van der Waals surface area (Å²) in [5, 5.41) is 19.3. The van der Waals surface area contributed by atoms with E-state index >= 15 is 0 Å². The fourth-order valence-electron chi connectivity index (χ4n) is 1.24. The summed E-state index contributed by atoms with van der Waals surface area (Å²) in [6.07, 6.45) is -7.95. The highest BCUT2D eigenvalue weighted by atomic mass is 35.5. The predicted molar refractivity (Wildman–Crippen MR) is 65.4 cm³/mol. The number of hydrogen-bond donors (Lipinski definition) is 2. The number of rotatable bonds is 5. The third-order valence-electron chi connectivity index (χ3n) is 2.25. The zero-order valence-corrected chi connectivity index (χ0v) is 11.5. The first-order valence-electron chi connectivity index (χ1n) is 5.13. The van der Waals surface area contributed by atoms with E-state index < -0.39 is 44.4 Å². The number of nitrogens with one attached hydrogen (secondary N) is 1. The molecule has 0 heterocycles. The van der Waals surface area contributed by atoms with Gasteiger partial charge in [-0.05, 0) is 12.1 Å². The molecule has 0 aliphatic carbocycles. The summed E-state index contributed by atoms with van der Waals surface area (Å²) in [6.45, 7) is -1.37. The van der Waals surface area contributed by atoms with E-state index in [-0.39, 0.29) is 5.02 Å². The number of nitro benzene ring substituents is 1. The van der Waals surface area contributed by atoms with Gasteiger partial charge < -0.3 is 5.11 Å². The zero-order chi connectivity index (χ0) is 16.4. The summed E-state index contributed by atoms with van der Waals surface area (Å²) in [7, 11) is -4.62. The van der Waals surface area contributed by atoms with Crippen LogP contribution in [0.5, 0.6) is 0 Å². The van der Waals surface area contributed by atoms with Crippen LogP contribution >= 0.6 is 11.6 Å². The Bertz CT molecular complexity index is 649. The zero-order valence-electron chi connectivity index (χ0n) is 9.96. The molecule has 0 amide bonds. The van der Waals surface area contributed by atoms with Crippen LogP contribution in [0.2, 0.25) is 5.02 Å². The highest BCUT2D eigenvalue weighted by Gasteiger charge is 2.39.